The molecule has 2 rings (SSSR count). The molecule has 18 heavy (non-hydrogen) atoms. The minimum absolute atomic E-state index is 0. The zero-order chi connectivity index (χ0) is 11.5. The Kier molecular flexibility index (Phi) is 7.55. The van der Waals surface area contributed by atoms with Crippen molar-refractivity contribution in [3.8, 4) is 0 Å². The Balaban J connectivity index is 0.00000144. The highest BCUT2D eigenvalue weighted by atomic mass is 35.5. The van der Waals surface area contributed by atoms with Crippen molar-refractivity contribution in [3.63, 3.8) is 0 Å². The number of carbonyl (C=O) groups is 1. The van der Waals surface area contributed by atoms with E-state index in [1.54, 1.807) is 17.2 Å². The Bertz CT molecular complexity index is 397. The number of nitrogens with zero attached hydrogens (tertiary/aromatic N) is 2. The number of hydrogen-bond acceptors (Lipinski definition) is 3. The van der Waals surface area contributed by atoms with Crippen LogP contribution in [0.2, 0.25) is 5.02 Å². The first-order chi connectivity index (χ1) is 7.70. The fourth-order valence-electron chi connectivity index (χ4n) is 1.87. The zero-order valence-electron chi connectivity index (χ0n) is 9.93. The second-order valence-corrected chi connectivity index (χ2v) is 4.33. The lowest BCUT2D eigenvalue weighted by Crippen LogP contribution is -2.38. The molecule has 1 saturated heterocycles. The van der Waals surface area contributed by atoms with Crippen LogP contribution in [0, 0.1) is 0 Å². The van der Waals surface area contributed by atoms with Gasteiger partial charge in [0.05, 0.1) is 10.6 Å². The highest BCUT2D eigenvalue weighted by molar-refractivity contribution is 6.33. The minimum atomic E-state index is -0.0406. The molecule has 1 N–H and O–H groups in total. The third-order valence-corrected chi connectivity index (χ3v) is 3.21. The lowest BCUT2D eigenvalue weighted by Gasteiger charge is -2.24. The molecule has 102 valence electrons. The van der Waals surface area contributed by atoms with Crippen LogP contribution in [0.3, 0.4) is 0 Å². The number of halogens is 3. The van der Waals surface area contributed by atoms with Gasteiger partial charge in [0, 0.05) is 32.0 Å². The van der Waals surface area contributed by atoms with E-state index in [1.807, 2.05) is 7.05 Å². The molecule has 1 aromatic rings. The Morgan fingerprint density at radius 2 is 2.28 bits per heavy atom. The predicted molar refractivity (Wildman–Crippen MR) is 77.1 cm³/mol. The third-order valence-electron chi connectivity index (χ3n) is 2.91. The van der Waals surface area contributed by atoms with Gasteiger partial charge in [0.1, 0.15) is 0 Å². The normalized spacial score (nSPS) is 17.6. The van der Waals surface area contributed by atoms with Crippen LogP contribution in [0.5, 0.6) is 0 Å². The van der Waals surface area contributed by atoms with Crippen molar-refractivity contribution in [3.05, 3.63) is 29.0 Å². The maximum atomic E-state index is 12.1. The maximum Gasteiger partial charge on any atom is 0.255 e. The van der Waals surface area contributed by atoms with Crippen LogP contribution in [-0.2, 0) is 0 Å². The van der Waals surface area contributed by atoms with E-state index in [0.29, 0.717) is 10.6 Å². The molecule has 4 nitrogen and oxygen atoms in total. The van der Waals surface area contributed by atoms with Crippen LogP contribution in [0.15, 0.2) is 18.5 Å². The van der Waals surface area contributed by atoms with Gasteiger partial charge in [-0.1, -0.05) is 11.6 Å². The van der Waals surface area contributed by atoms with Gasteiger partial charge in [-0.2, -0.15) is 0 Å². The van der Waals surface area contributed by atoms with Gasteiger partial charge in [-0.15, -0.1) is 24.8 Å². The molecule has 0 bridgehead atoms. The van der Waals surface area contributed by atoms with Crippen molar-refractivity contribution in [1.82, 2.24) is 15.2 Å². The lowest BCUT2D eigenvalue weighted by molar-refractivity contribution is 0.0744. The second kappa shape index (κ2) is 7.79. The first kappa shape index (κ1) is 17.4. The topological polar surface area (TPSA) is 45.2 Å². The van der Waals surface area contributed by atoms with Crippen LogP contribution in [0.25, 0.3) is 0 Å². The zero-order valence-corrected chi connectivity index (χ0v) is 12.3. The summed E-state index contributed by atoms with van der Waals surface area (Å²) in [5.41, 5.74) is 0.520. The maximum absolute atomic E-state index is 12.1. The van der Waals surface area contributed by atoms with E-state index in [-0.39, 0.29) is 36.8 Å². The standard InChI is InChI=1S/C11H14ClN3O.2ClH/c1-15(8-2-4-13-6-8)11(16)9-3-5-14-7-10(9)12;;/h3,5,7-8,13H,2,4,6H2,1H3;2*1H. The van der Waals surface area contributed by atoms with E-state index in [4.69, 9.17) is 11.6 Å². The number of amides is 1. The average molecular weight is 313 g/mol. The molecule has 1 aliphatic heterocycles. The van der Waals surface area contributed by atoms with Gasteiger partial charge in [-0.3, -0.25) is 9.78 Å². The molecule has 0 aliphatic carbocycles. The number of aromatic nitrogens is 1. The fourth-order valence-corrected chi connectivity index (χ4v) is 2.07. The van der Waals surface area contributed by atoms with Crippen molar-refractivity contribution in [2.24, 2.45) is 0 Å². The largest absolute Gasteiger partial charge is 0.337 e. The highest BCUT2D eigenvalue weighted by Gasteiger charge is 2.24. The molecular formula is C11H16Cl3N3O. The number of pyridine rings is 1. The van der Waals surface area contributed by atoms with Crippen molar-refractivity contribution in [1.29, 1.82) is 0 Å². The first-order valence-electron chi connectivity index (χ1n) is 5.27. The molecule has 1 fully saturated rings. The predicted octanol–water partition coefficient (Wildman–Crippen LogP) is 2.01. The molecule has 0 aromatic carbocycles. The highest BCUT2D eigenvalue weighted by Crippen LogP contribution is 2.17. The lowest BCUT2D eigenvalue weighted by atomic mass is 10.2. The molecule has 2 heterocycles. The molecular weight excluding hydrogens is 296 g/mol. The summed E-state index contributed by atoms with van der Waals surface area (Å²) in [5.74, 6) is -0.0406. The number of nitrogens with one attached hydrogen (secondary N) is 1. The smallest absolute Gasteiger partial charge is 0.255 e. The number of carbonyl (C=O) groups excluding carboxylic acids is 1. The van der Waals surface area contributed by atoms with E-state index < -0.39 is 0 Å². The monoisotopic (exact) mass is 311 g/mol. The van der Waals surface area contributed by atoms with Crippen molar-refractivity contribution < 1.29 is 4.79 Å². The summed E-state index contributed by atoms with van der Waals surface area (Å²) >= 11 is 5.94. The summed E-state index contributed by atoms with van der Waals surface area (Å²) in [4.78, 5) is 17.8. The Hall–Kier alpha value is -0.550. The van der Waals surface area contributed by atoms with Gasteiger partial charge < -0.3 is 10.2 Å². The van der Waals surface area contributed by atoms with Gasteiger partial charge in [-0.25, -0.2) is 0 Å². The second-order valence-electron chi connectivity index (χ2n) is 3.92. The van der Waals surface area contributed by atoms with Crippen LogP contribution < -0.4 is 5.32 Å². The summed E-state index contributed by atoms with van der Waals surface area (Å²) in [6.45, 7) is 1.82. The summed E-state index contributed by atoms with van der Waals surface area (Å²) < 4.78 is 0. The van der Waals surface area contributed by atoms with Crippen molar-refractivity contribution in [2.75, 3.05) is 20.1 Å². The van der Waals surface area contributed by atoms with Crippen LogP contribution in [0.4, 0.5) is 0 Å². The molecule has 1 aliphatic rings. The number of hydrogen-bond donors (Lipinski definition) is 1. The van der Waals surface area contributed by atoms with Crippen molar-refractivity contribution >= 4 is 42.3 Å². The third kappa shape index (κ3) is 3.72. The summed E-state index contributed by atoms with van der Waals surface area (Å²) in [7, 11) is 1.82. The first-order valence-corrected chi connectivity index (χ1v) is 5.65. The number of rotatable bonds is 2. The molecule has 1 amide bonds. The van der Waals surface area contributed by atoms with E-state index in [2.05, 4.69) is 10.3 Å². The summed E-state index contributed by atoms with van der Waals surface area (Å²) in [5, 5.41) is 3.64. The number of likely N-dealkylation sites (N-methyl/N-ethyl adjacent to an activating group) is 1. The Labute approximate surface area is 124 Å². The van der Waals surface area contributed by atoms with Gasteiger partial charge >= 0.3 is 0 Å². The summed E-state index contributed by atoms with van der Waals surface area (Å²) in [6, 6.07) is 1.92. The molecule has 7 heteroatoms. The molecule has 0 radical (unpaired) electrons. The average Bonchev–Trinajstić information content (AvgIpc) is 2.81. The van der Waals surface area contributed by atoms with E-state index in [9.17, 15) is 4.79 Å². The van der Waals surface area contributed by atoms with E-state index >= 15 is 0 Å². The van der Waals surface area contributed by atoms with E-state index in [0.717, 1.165) is 19.5 Å². The van der Waals surface area contributed by atoms with Gasteiger partial charge in [0.15, 0.2) is 0 Å². The minimum Gasteiger partial charge on any atom is -0.337 e. The molecule has 0 spiro atoms. The van der Waals surface area contributed by atoms with Crippen molar-refractivity contribution in [2.45, 2.75) is 12.5 Å². The molecule has 0 saturated carbocycles. The van der Waals surface area contributed by atoms with Gasteiger partial charge in [0.25, 0.3) is 5.91 Å². The van der Waals surface area contributed by atoms with Gasteiger partial charge in [0.2, 0.25) is 0 Å². The molecule has 1 aromatic heterocycles. The summed E-state index contributed by atoms with van der Waals surface area (Å²) in [6.07, 6.45) is 4.07. The Morgan fingerprint density at radius 3 is 2.83 bits per heavy atom. The van der Waals surface area contributed by atoms with Gasteiger partial charge in [-0.05, 0) is 19.0 Å². The van der Waals surface area contributed by atoms with Crippen LogP contribution in [-0.4, -0.2) is 42.0 Å². The van der Waals surface area contributed by atoms with Crippen LogP contribution in [0.1, 0.15) is 16.8 Å². The molecule has 1 atom stereocenters. The van der Waals surface area contributed by atoms with E-state index in [1.165, 1.54) is 6.20 Å². The fraction of sp³-hybridized carbons (Fsp3) is 0.455. The quantitative estimate of drug-likeness (QED) is 0.908. The Morgan fingerprint density at radius 1 is 1.56 bits per heavy atom. The van der Waals surface area contributed by atoms with Crippen LogP contribution >= 0.6 is 36.4 Å². The molecule has 1 unspecified atom stereocenters. The SMILES string of the molecule is CN(C(=O)c1ccncc1Cl)C1CCNC1.Cl.Cl.